The van der Waals surface area contributed by atoms with Crippen molar-refractivity contribution in [3.8, 4) is 23.0 Å². The minimum absolute atomic E-state index is 0.638. The van der Waals surface area contributed by atoms with Gasteiger partial charge in [0, 0.05) is 38.9 Å². The maximum Gasteiger partial charge on any atom is 0.246 e. The smallest absolute Gasteiger partial charge is 0.246 e. The van der Waals surface area contributed by atoms with E-state index < -0.39 is 19.6 Å². The molecule has 0 saturated carbocycles. The minimum Gasteiger partial charge on any atom is -0.449 e. The predicted molar refractivity (Wildman–Crippen MR) is 80.1 cm³/mol. The predicted octanol–water partition coefficient (Wildman–Crippen LogP) is 3.25. The van der Waals surface area contributed by atoms with E-state index in [1.807, 2.05) is 33.8 Å². The molecule has 0 saturated heterocycles. The van der Waals surface area contributed by atoms with Crippen LogP contribution in [0.25, 0.3) is 0 Å². The molecule has 2 aliphatic rings. The maximum absolute atomic E-state index is 6.02. The van der Waals surface area contributed by atoms with E-state index in [0.717, 1.165) is 28.2 Å². The molecule has 0 N–H and O–H groups in total. The number of rotatable bonds is 1. The molecule has 2 aliphatic heterocycles. The molecule has 2 heterocycles. The standard InChI is InChI=1S/C15H22O4Si/c1-14(2)16-9-8-10-12(19-15(3,4)17-10)13(11(9)18-14)20(5,6)7/h8H,1-7H3. The van der Waals surface area contributed by atoms with Crippen molar-refractivity contribution in [2.24, 2.45) is 0 Å². The maximum atomic E-state index is 6.02. The van der Waals surface area contributed by atoms with Crippen molar-refractivity contribution >= 4 is 13.3 Å². The van der Waals surface area contributed by atoms with Gasteiger partial charge in [-0.1, -0.05) is 19.6 Å². The largest absolute Gasteiger partial charge is 0.449 e. The van der Waals surface area contributed by atoms with E-state index in [9.17, 15) is 0 Å². The first kappa shape index (κ1) is 13.6. The van der Waals surface area contributed by atoms with Crippen LogP contribution >= 0.6 is 0 Å². The first-order valence-electron chi connectivity index (χ1n) is 6.96. The van der Waals surface area contributed by atoms with Crippen molar-refractivity contribution in [2.75, 3.05) is 0 Å². The van der Waals surface area contributed by atoms with Crippen LogP contribution in [0.2, 0.25) is 19.6 Å². The molecule has 3 rings (SSSR count). The topological polar surface area (TPSA) is 36.9 Å². The Morgan fingerprint density at radius 2 is 1.15 bits per heavy atom. The molecule has 5 heteroatoms. The fourth-order valence-corrected chi connectivity index (χ4v) is 4.41. The first-order chi connectivity index (χ1) is 8.99. The van der Waals surface area contributed by atoms with Crippen molar-refractivity contribution in [3.63, 3.8) is 0 Å². The van der Waals surface area contributed by atoms with Gasteiger partial charge in [-0.15, -0.1) is 0 Å². The Balaban J connectivity index is 2.23. The molecule has 0 fully saturated rings. The van der Waals surface area contributed by atoms with Gasteiger partial charge in [-0.2, -0.15) is 0 Å². The van der Waals surface area contributed by atoms with Gasteiger partial charge >= 0.3 is 0 Å². The van der Waals surface area contributed by atoms with Gasteiger partial charge < -0.3 is 18.9 Å². The van der Waals surface area contributed by atoms with Crippen LogP contribution in [-0.4, -0.2) is 19.6 Å². The van der Waals surface area contributed by atoms with E-state index in [2.05, 4.69) is 19.6 Å². The van der Waals surface area contributed by atoms with Crippen LogP contribution < -0.4 is 24.1 Å². The molecule has 110 valence electrons. The van der Waals surface area contributed by atoms with Crippen molar-refractivity contribution in [2.45, 2.75) is 58.9 Å². The van der Waals surface area contributed by atoms with E-state index in [4.69, 9.17) is 18.9 Å². The molecule has 0 radical (unpaired) electrons. The molecule has 0 spiro atoms. The summed E-state index contributed by atoms with van der Waals surface area (Å²) in [4.78, 5) is 0. The Labute approximate surface area is 121 Å². The van der Waals surface area contributed by atoms with Gasteiger partial charge in [0.05, 0.1) is 8.07 Å². The first-order valence-corrected chi connectivity index (χ1v) is 10.5. The number of benzene rings is 1. The lowest BCUT2D eigenvalue weighted by Crippen LogP contribution is -2.41. The van der Waals surface area contributed by atoms with Crippen LogP contribution in [-0.2, 0) is 0 Å². The summed E-state index contributed by atoms with van der Waals surface area (Å²) in [5.74, 6) is 1.89. The minimum atomic E-state index is -1.68. The Kier molecular flexibility index (Phi) is 2.48. The van der Waals surface area contributed by atoms with Crippen LogP contribution in [0, 0.1) is 0 Å². The molecule has 20 heavy (non-hydrogen) atoms. The quantitative estimate of drug-likeness (QED) is 0.745. The van der Waals surface area contributed by atoms with E-state index in [-0.39, 0.29) is 0 Å². The Bertz CT molecular complexity index is 542. The monoisotopic (exact) mass is 294 g/mol. The van der Waals surface area contributed by atoms with Crippen molar-refractivity contribution in [3.05, 3.63) is 6.07 Å². The summed E-state index contributed by atoms with van der Waals surface area (Å²) < 4.78 is 23.8. The zero-order chi connectivity index (χ0) is 14.9. The van der Waals surface area contributed by atoms with E-state index >= 15 is 0 Å². The third kappa shape index (κ3) is 2.04. The van der Waals surface area contributed by atoms with E-state index in [0.29, 0.717) is 0 Å². The Hall–Kier alpha value is -1.36. The fourth-order valence-electron chi connectivity index (χ4n) is 2.70. The average molecular weight is 294 g/mol. The second-order valence-corrected chi connectivity index (χ2v) is 12.4. The molecular formula is C15H22O4Si. The van der Waals surface area contributed by atoms with Gasteiger partial charge in [0.25, 0.3) is 0 Å². The average Bonchev–Trinajstić information content (AvgIpc) is 2.63. The third-order valence-electron chi connectivity index (χ3n) is 3.32. The second kappa shape index (κ2) is 3.64. The van der Waals surface area contributed by atoms with Crippen LogP contribution in [0.15, 0.2) is 6.07 Å². The highest BCUT2D eigenvalue weighted by molar-refractivity contribution is 6.90. The van der Waals surface area contributed by atoms with Gasteiger partial charge in [0.15, 0.2) is 23.0 Å². The highest BCUT2D eigenvalue weighted by atomic mass is 28.3. The SMILES string of the molecule is CC1(C)Oc2cc3c(c([Si](C)(C)C)c2O1)OC(C)(C)O3. The summed E-state index contributed by atoms with van der Waals surface area (Å²) >= 11 is 0. The summed E-state index contributed by atoms with van der Waals surface area (Å²) in [5.41, 5.74) is 0. The Morgan fingerprint density at radius 3 is 1.50 bits per heavy atom. The summed E-state index contributed by atoms with van der Waals surface area (Å²) in [6, 6.07) is 1.89. The summed E-state index contributed by atoms with van der Waals surface area (Å²) in [6.07, 6.45) is 0. The zero-order valence-electron chi connectivity index (χ0n) is 13.2. The van der Waals surface area contributed by atoms with Crippen molar-refractivity contribution in [1.82, 2.24) is 0 Å². The van der Waals surface area contributed by atoms with Gasteiger partial charge in [-0.05, 0) is 0 Å². The number of hydrogen-bond acceptors (Lipinski definition) is 4. The number of ether oxygens (including phenoxy) is 4. The normalized spacial score (nSPS) is 21.1. The summed E-state index contributed by atoms with van der Waals surface area (Å²) in [5, 5.41) is 1.14. The third-order valence-corrected chi connectivity index (χ3v) is 5.28. The molecule has 4 nitrogen and oxygen atoms in total. The molecule has 0 aliphatic carbocycles. The van der Waals surface area contributed by atoms with Gasteiger partial charge in [0.1, 0.15) is 0 Å². The lowest BCUT2D eigenvalue weighted by Gasteiger charge is -2.23. The molecule has 0 unspecified atom stereocenters. The highest BCUT2D eigenvalue weighted by Gasteiger charge is 2.44. The lowest BCUT2D eigenvalue weighted by atomic mass is 10.3. The van der Waals surface area contributed by atoms with Crippen molar-refractivity contribution < 1.29 is 18.9 Å². The Morgan fingerprint density at radius 1 is 0.750 bits per heavy atom. The molecule has 1 aromatic rings. The zero-order valence-corrected chi connectivity index (χ0v) is 14.2. The van der Waals surface area contributed by atoms with Crippen molar-refractivity contribution in [1.29, 1.82) is 0 Å². The highest BCUT2D eigenvalue weighted by Crippen LogP contribution is 2.49. The van der Waals surface area contributed by atoms with E-state index in [1.165, 1.54) is 0 Å². The fraction of sp³-hybridized carbons (Fsp3) is 0.600. The number of fused-ring (bicyclic) bond motifs is 2. The molecule has 0 bridgehead atoms. The van der Waals surface area contributed by atoms with Gasteiger partial charge in [0.2, 0.25) is 11.6 Å². The van der Waals surface area contributed by atoms with Gasteiger partial charge in [-0.3, -0.25) is 0 Å². The van der Waals surface area contributed by atoms with Gasteiger partial charge in [-0.25, -0.2) is 0 Å². The molecule has 0 aromatic heterocycles. The molecule has 1 aromatic carbocycles. The van der Waals surface area contributed by atoms with Crippen LogP contribution in [0.1, 0.15) is 27.7 Å². The van der Waals surface area contributed by atoms with Crippen LogP contribution in [0.5, 0.6) is 23.0 Å². The van der Waals surface area contributed by atoms with E-state index in [1.54, 1.807) is 0 Å². The molecular weight excluding hydrogens is 272 g/mol. The molecule has 0 amide bonds. The van der Waals surface area contributed by atoms with Crippen LogP contribution in [0.3, 0.4) is 0 Å². The summed E-state index contributed by atoms with van der Waals surface area (Å²) in [7, 11) is -1.68. The second-order valence-electron chi connectivity index (χ2n) is 7.36. The summed E-state index contributed by atoms with van der Waals surface area (Å²) in [6.45, 7) is 14.5. The number of hydrogen-bond donors (Lipinski definition) is 0. The lowest BCUT2D eigenvalue weighted by molar-refractivity contribution is -0.0473. The molecule has 0 atom stereocenters. The van der Waals surface area contributed by atoms with Crippen LogP contribution in [0.4, 0.5) is 0 Å².